The van der Waals surface area contributed by atoms with E-state index in [0.717, 1.165) is 16.3 Å². The number of alkyl carbamates (subject to hydrolysis) is 1. The normalized spacial score (nSPS) is 12.9. The minimum atomic E-state index is -1.10. The minimum absolute atomic E-state index is 0.111. The molecule has 0 saturated heterocycles. The van der Waals surface area contributed by atoms with Gasteiger partial charge in [0.05, 0.1) is 6.61 Å². The Hall–Kier alpha value is -3.98. The fraction of sp³-hybridized carbons (Fsp3) is 0.345. The predicted molar refractivity (Wildman–Crippen MR) is 143 cm³/mol. The summed E-state index contributed by atoms with van der Waals surface area (Å²) in [5.74, 6) is -1.45. The summed E-state index contributed by atoms with van der Waals surface area (Å²) in [6.07, 6.45) is -0.676. The van der Waals surface area contributed by atoms with Crippen molar-refractivity contribution in [3.63, 3.8) is 0 Å². The van der Waals surface area contributed by atoms with Gasteiger partial charge in [0, 0.05) is 20.1 Å². The second-order valence-electron chi connectivity index (χ2n) is 9.90. The highest BCUT2D eigenvalue weighted by Crippen LogP contribution is 2.18. The summed E-state index contributed by atoms with van der Waals surface area (Å²) in [5.41, 5.74) is 0.817. The number of fused-ring (bicyclic) bond motifs is 1. The van der Waals surface area contributed by atoms with Gasteiger partial charge in [0.15, 0.2) is 0 Å². The van der Waals surface area contributed by atoms with Crippen molar-refractivity contribution in [2.24, 2.45) is 0 Å². The van der Waals surface area contributed by atoms with Crippen molar-refractivity contribution >= 4 is 28.7 Å². The van der Waals surface area contributed by atoms with E-state index in [1.54, 1.807) is 32.9 Å². The number of rotatable bonds is 10. The van der Waals surface area contributed by atoms with E-state index in [4.69, 9.17) is 9.47 Å². The van der Waals surface area contributed by atoms with Gasteiger partial charge in [-0.2, -0.15) is 0 Å². The van der Waals surface area contributed by atoms with Crippen molar-refractivity contribution in [2.45, 2.75) is 51.4 Å². The van der Waals surface area contributed by atoms with Crippen LogP contribution in [-0.4, -0.2) is 49.3 Å². The van der Waals surface area contributed by atoms with Crippen LogP contribution in [0.25, 0.3) is 10.8 Å². The molecule has 9 heteroatoms. The Balaban J connectivity index is 1.76. The molecule has 0 radical (unpaired) electrons. The molecule has 2 atom stereocenters. The zero-order valence-corrected chi connectivity index (χ0v) is 22.0. The van der Waals surface area contributed by atoms with E-state index in [0.29, 0.717) is 5.56 Å². The van der Waals surface area contributed by atoms with Crippen LogP contribution in [0.2, 0.25) is 0 Å². The van der Waals surface area contributed by atoms with E-state index in [1.165, 1.54) is 19.2 Å². The summed E-state index contributed by atoms with van der Waals surface area (Å²) in [4.78, 5) is 38.7. The summed E-state index contributed by atoms with van der Waals surface area (Å²) in [6.45, 7) is 5.23. The monoisotopic (exact) mass is 523 g/mol. The molecule has 3 amide bonds. The Morgan fingerprint density at radius 3 is 2.24 bits per heavy atom. The number of hydrogen-bond acceptors (Lipinski definition) is 5. The Kier molecular flexibility index (Phi) is 9.78. The van der Waals surface area contributed by atoms with Crippen molar-refractivity contribution in [1.82, 2.24) is 16.0 Å². The highest BCUT2D eigenvalue weighted by atomic mass is 19.1. The maximum Gasteiger partial charge on any atom is 0.408 e. The summed E-state index contributed by atoms with van der Waals surface area (Å²) in [6, 6.07) is 17.3. The first-order valence-corrected chi connectivity index (χ1v) is 12.3. The van der Waals surface area contributed by atoms with E-state index in [9.17, 15) is 18.8 Å². The highest BCUT2D eigenvalue weighted by Gasteiger charge is 2.28. The number of benzene rings is 3. The van der Waals surface area contributed by atoms with Crippen LogP contribution in [0.1, 0.15) is 31.9 Å². The molecule has 38 heavy (non-hydrogen) atoms. The van der Waals surface area contributed by atoms with Crippen LogP contribution in [0.3, 0.4) is 0 Å². The molecule has 0 spiro atoms. The van der Waals surface area contributed by atoms with Crippen molar-refractivity contribution in [1.29, 1.82) is 0 Å². The molecule has 3 aromatic rings. The van der Waals surface area contributed by atoms with Gasteiger partial charge < -0.3 is 25.4 Å². The molecule has 202 valence electrons. The zero-order chi connectivity index (χ0) is 27.7. The molecule has 3 rings (SSSR count). The van der Waals surface area contributed by atoms with Crippen LogP contribution < -0.4 is 16.0 Å². The van der Waals surface area contributed by atoms with Crippen LogP contribution in [-0.2, 0) is 32.0 Å². The summed E-state index contributed by atoms with van der Waals surface area (Å²) in [5, 5.41) is 10.2. The molecule has 3 N–H and O–H groups in total. The Labute approximate surface area is 221 Å². The minimum Gasteiger partial charge on any atom is -0.444 e. The molecular formula is C29H34FN3O5. The van der Waals surface area contributed by atoms with Crippen molar-refractivity contribution < 1.29 is 28.2 Å². The average molecular weight is 524 g/mol. The lowest BCUT2D eigenvalue weighted by Crippen LogP contribution is -2.56. The summed E-state index contributed by atoms with van der Waals surface area (Å²) < 4.78 is 23.8. The molecule has 3 aromatic carbocycles. The molecule has 0 saturated carbocycles. The molecular weight excluding hydrogens is 489 g/mol. The smallest absolute Gasteiger partial charge is 0.408 e. The number of carbonyl (C=O) groups is 3. The molecule has 0 aromatic heterocycles. The van der Waals surface area contributed by atoms with Gasteiger partial charge in [0.1, 0.15) is 23.5 Å². The summed E-state index contributed by atoms with van der Waals surface area (Å²) in [7, 11) is 1.39. The van der Waals surface area contributed by atoms with Gasteiger partial charge in [-0.3, -0.25) is 9.59 Å². The number of halogens is 1. The van der Waals surface area contributed by atoms with Gasteiger partial charge >= 0.3 is 6.09 Å². The van der Waals surface area contributed by atoms with Crippen LogP contribution >= 0.6 is 0 Å². The van der Waals surface area contributed by atoms with Gasteiger partial charge in [0.25, 0.3) is 0 Å². The third-order valence-electron chi connectivity index (χ3n) is 5.66. The summed E-state index contributed by atoms with van der Waals surface area (Å²) >= 11 is 0. The first kappa shape index (κ1) is 28.6. The largest absolute Gasteiger partial charge is 0.444 e. The Morgan fingerprint density at radius 1 is 0.868 bits per heavy atom. The van der Waals surface area contributed by atoms with Crippen LogP contribution in [0, 0.1) is 5.82 Å². The standard InChI is InChI=1S/C29H34FN3O5/c1-29(2,3)38-28(36)33-25(18-37-4)27(35)32-24(16-19-12-14-22(30)15-13-19)26(34)31-17-21-10-7-9-20-8-5-6-11-23(20)21/h5-15,24-25H,16-18H2,1-4H3,(H,31,34)(H,32,35)(H,33,36). The number of hydrogen-bond donors (Lipinski definition) is 3. The number of amides is 3. The molecule has 2 unspecified atom stereocenters. The second-order valence-corrected chi connectivity index (χ2v) is 9.90. The van der Waals surface area contributed by atoms with Gasteiger partial charge in [-0.1, -0.05) is 54.6 Å². The first-order valence-electron chi connectivity index (χ1n) is 12.3. The quantitative estimate of drug-likeness (QED) is 0.374. The number of methoxy groups -OCH3 is 1. The van der Waals surface area contributed by atoms with Crippen molar-refractivity contribution in [3.8, 4) is 0 Å². The fourth-order valence-corrected chi connectivity index (χ4v) is 3.89. The lowest BCUT2D eigenvalue weighted by molar-refractivity contribution is -0.130. The van der Waals surface area contributed by atoms with E-state index in [2.05, 4.69) is 16.0 Å². The van der Waals surface area contributed by atoms with E-state index in [-0.39, 0.29) is 19.6 Å². The van der Waals surface area contributed by atoms with Gasteiger partial charge in [0.2, 0.25) is 11.8 Å². The van der Waals surface area contributed by atoms with Gasteiger partial charge in [-0.15, -0.1) is 0 Å². The molecule has 0 bridgehead atoms. The molecule has 0 aliphatic heterocycles. The maximum atomic E-state index is 13.4. The Morgan fingerprint density at radius 2 is 1.55 bits per heavy atom. The van der Waals surface area contributed by atoms with Crippen molar-refractivity contribution in [2.75, 3.05) is 13.7 Å². The van der Waals surface area contributed by atoms with Gasteiger partial charge in [-0.05, 0) is 54.8 Å². The predicted octanol–water partition coefficient (Wildman–Crippen LogP) is 3.86. The third kappa shape index (κ3) is 8.55. The van der Waals surface area contributed by atoms with Crippen molar-refractivity contribution in [3.05, 3.63) is 83.7 Å². The molecule has 0 aliphatic rings. The zero-order valence-electron chi connectivity index (χ0n) is 22.0. The fourth-order valence-electron chi connectivity index (χ4n) is 3.89. The molecule has 0 aliphatic carbocycles. The topological polar surface area (TPSA) is 106 Å². The van der Waals surface area contributed by atoms with Crippen LogP contribution in [0.4, 0.5) is 9.18 Å². The van der Waals surface area contributed by atoms with Crippen LogP contribution in [0.15, 0.2) is 66.7 Å². The molecule has 0 heterocycles. The molecule has 0 fully saturated rings. The lowest BCUT2D eigenvalue weighted by Gasteiger charge is -2.25. The van der Waals surface area contributed by atoms with Gasteiger partial charge in [-0.25, -0.2) is 9.18 Å². The van der Waals surface area contributed by atoms with E-state index in [1.807, 2.05) is 42.5 Å². The molecule has 8 nitrogen and oxygen atoms in total. The Bertz CT molecular complexity index is 1250. The first-order chi connectivity index (χ1) is 18.1. The third-order valence-corrected chi connectivity index (χ3v) is 5.66. The average Bonchev–Trinajstić information content (AvgIpc) is 2.86. The second kappa shape index (κ2) is 13.0. The maximum absolute atomic E-state index is 13.4. The van der Waals surface area contributed by atoms with E-state index >= 15 is 0 Å². The van der Waals surface area contributed by atoms with Crippen LogP contribution in [0.5, 0.6) is 0 Å². The highest BCUT2D eigenvalue weighted by molar-refractivity contribution is 5.92. The number of nitrogens with one attached hydrogen (secondary N) is 3. The number of carbonyl (C=O) groups excluding carboxylic acids is 3. The lowest BCUT2D eigenvalue weighted by atomic mass is 10.0. The van der Waals surface area contributed by atoms with E-state index < -0.39 is 41.4 Å². The SMILES string of the molecule is COCC(NC(=O)OC(C)(C)C)C(=O)NC(Cc1ccc(F)cc1)C(=O)NCc1cccc2ccccc12. The number of ether oxygens (including phenoxy) is 2.